The molecule has 1 amide bonds. The quantitative estimate of drug-likeness (QED) is 0.870. The molecular formula is C13H16Cl2N2O2. The lowest BCUT2D eigenvalue weighted by atomic mass is 10.1. The molecule has 6 heteroatoms. The first kappa shape index (κ1) is 14.6. The molecule has 0 aromatic carbocycles. The smallest absolute Gasteiger partial charge is 0.274 e. The highest BCUT2D eigenvalue weighted by Crippen LogP contribution is 2.26. The van der Waals surface area contributed by atoms with Crippen LogP contribution in [-0.2, 0) is 0 Å². The maximum atomic E-state index is 12.5. The Labute approximate surface area is 122 Å². The number of amides is 1. The third kappa shape index (κ3) is 3.38. The lowest BCUT2D eigenvalue weighted by Gasteiger charge is -2.24. The molecule has 1 aliphatic rings. The van der Waals surface area contributed by atoms with Crippen LogP contribution >= 0.6 is 23.2 Å². The summed E-state index contributed by atoms with van der Waals surface area (Å²) in [5.41, 5.74) is 0.213. The normalized spacial score (nSPS) is 18.9. The van der Waals surface area contributed by atoms with Crippen LogP contribution in [0.2, 0.25) is 10.2 Å². The standard InChI is InChI=1S/C13H16Cl2N2O2/c14-10-5-6-11(15)16-12(10)13(19)17-7-1-3-9(17)4-2-8-18/h5-6,9,18H,1-4,7-8H2. The number of pyridine rings is 1. The van der Waals surface area contributed by atoms with Crippen molar-refractivity contribution >= 4 is 29.1 Å². The van der Waals surface area contributed by atoms with E-state index in [1.807, 2.05) is 0 Å². The van der Waals surface area contributed by atoms with Gasteiger partial charge < -0.3 is 10.0 Å². The Kier molecular flexibility index (Phi) is 5.02. The number of hydrogen-bond donors (Lipinski definition) is 1. The summed E-state index contributed by atoms with van der Waals surface area (Å²) in [5, 5.41) is 9.48. The number of nitrogens with zero attached hydrogens (tertiary/aromatic N) is 2. The van der Waals surface area contributed by atoms with Crippen LogP contribution in [0.15, 0.2) is 12.1 Å². The van der Waals surface area contributed by atoms with Crippen molar-refractivity contribution in [3.05, 3.63) is 28.0 Å². The summed E-state index contributed by atoms with van der Waals surface area (Å²) < 4.78 is 0. The van der Waals surface area contributed by atoms with Crippen LogP contribution in [0, 0.1) is 0 Å². The van der Waals surface area contributed by atoms with E-state index >= 15 is 0 Å². The molecule has 2 rings (SSSR count). The molecule has 1 atom stereocenters. The van der Waals surface area contributed by atoms with E-state index < -0.39 is 0 Å². The van der Waals surface area contributed by atoms with Crippen molar-refractivity contribution in [2.75, 3.05) is 13.2 Å². The number of halogens is 2. The van der Waals surface area contributed by atoms with E-state index in [2.05, 4.69) is 4.98 Å². The molecule has 1 unspecified atom stereocenters. The van der Waals surface area contributed by atoms with E-state index in [0.717, 1.165) is 19.3 Å². The Morgan fingerprint density at radius 1 is 1.47 bits per heavy atom. The summed E-state index contributed by atoms with van der Waals surface area (Å²) in [6.07, 6.45) is 3.44. The molecule has 0 saturated carbocycles. The lowest BCUT2D eigenvalue weighted by molar-refractivity contribution is 0.0718. The van der Waals surface area contributed by atoms with E-state index in [1.165, 1.54) is 0 Å². The predicted molar refractivity (Wildman–Crippen MR) is 74.6 cm³/mol. The SMILES string of the molecule is O=C(c1nc(Cl)ccc1Cl)N1CCCC1CCCO. The van der Waals surface area contributed by atoms with Crippen molar-refractivity contribution < 1.29 is 9.90 Å². The minimum atomic E-state index is -0.173. The van der Waals surface area contributed by atoms with Gasteiger partial charge in [-0.15, -0.1) is 0 Å². The molecule has 2 heterocycles. The Morgan fingerprint density at radius 2 is 2.26 bits per heavy atom. The highest BCUT2D eigenvalue weighted by atomic mass is 35.5. The monoisotopic (exact) mass is 302 g/mol. The third-order valence-electron chi connectivity index (χ3n) is 3.35. The fourth-order valence-electron chi connectivity index (χ4n) is 2.43. The number of carbonyl (C=O) groups excluding carboxylic acids is 1. The molecule has 0 spiro atoms. The van der Waals surface area contributed by atoms with Crippen LogP contribution in [0.3, 0.4) is 0 Å². The van der Waals surface area contributed by atoms with E-state index in [-0.39, 0.29) is 29.4 Å². The maximum absolute atomic E-state index is 12.5. The van der Waals surface area contributed by atoms with E-state index in [1.54, 1.807) is 17.0 Å². The van der Waals surface area contributed by atoms with Gasteiger partial charge in [-0.2, -0.15) is 0 Å². The van der Waals surface area contributed by atoms with Gasteiger partial charge in [0.2, 0.25) is 0 Å². The fourth-order valence-corrected chi connectivity index (χ4v) is 2.77. The van der Waals surface area contributed by atoms with Crippen LogP contribution in [0.25, 0.3) is 0 Å². The topological polar surface area (TPSA) is 53.4 Å². The molecule has 1 fully saturated rings. The molecule has 104 valence electrons. The second-order valence-corrected chi connectivity index (χ2v) is 5.42. The second-order valence-electron chi connectivity index (χ2n) is 4.62. The molecule has 4 nitrogen and oxygen atoms in total. The molecule has 1 aromatic heterocycles. The minimum Gasteiger partial charge on any atom is -0.396 e. The molecule has 1 aromatic rings. The number of hydrogen-bond acceptors (Lipinski definition) is 3. The predicted octanol–water partition coefficient (Wildman–Crippen LogP) is 2.77. The number of rotatable bonds is 4. The zero-order valence-electron chi connectivity index (χ0n) is 10.5. The van der Waals surface area contributed by atoms with E-state index in [9.17, 15) is 4.79 Å². The van der Waals surface area contributed by atoms with Gasteiger partial charge in [-0.25, -0.2) is 4.98 Å². The first-order chi connectivity index (χ1) is 9.13. The summed E-state index contributed by atoms with van der Waals surface area (Å²) in [5.74, 6) is -0.173. The van der Waals surface area contributed by atoms with Gasteiger partial charge in [0, 0.05) is 19.2 Å². The average molecular weight is 303 g/mol. The van der Waals surface area contributed by atoms with Gasteiger partial charge in [0.05, 0.1) is 5.02 Å². The average Bonchev–Trinajstić information content (AvgIpc) is 2.86. The molecule has 1 saturated heterocycles. The number of aliphatic hydroxyl groups is 1. The summed E-state index contributed by atoms with van der Waals surface area (Å²) in [6, 6.07) is 3.31. The van der Waals surface area contributed by atoms with Gasteiger partial charge in [0.25, 0.3) is 5.91 Å². The van der Waals surface area contributed by atoms with Gasteiger partial charge in [0.15, 0.2) is 0 Å². The number of aromatic nitrogens is 1. The van der Waals surface area contributed by atoms with Crippen molar-refractivity contribution in [1.82, 2.24) is 9.88 Å². The Bertz CT molecular complexity index is 468. The van der Waals surface area contributed by atoms with Crippen molar-refractivity contribution in [1.29, 1.82) is 0 Å². The summed E-state index contributed by atoms with van der Waals surface area (Å²) >= 11 is 11.8. The largest absolute Gasteiger partial charge is 0.396 e. The van der Waals surface area contributed by atoms with Gasteiger partial charge in [-0.05, 0) is 37.8 Å². The molecule has 0 radical (unpaired) electrons. The maximum Gasteiger partial charge on any atom is 0.274 e. The Morgan fingerprint density at radius 3 is 3.00 bits per heavy atom. The van der Waals surface area contributed by atoms with Crippen LogP contribution in [0.1, 0.15) is 36.2 Å². The second kappa shape index (κ2) is 6.55. The van der Waals surface area contributed by atoms with Crippen LogP contribution < -0.4 is 0 Å². The molecule has 0 bridgehead atoms. The Hall–Kier alpha value is -0.840. The fraction of sp³-hybridized carbons (Fsp3) is 0.538. The minimum absolute atomic E-state index is 0.148. The highest BCUT2D eigenvalue weighted by Gasteiger charge is 2.30. The lowest BCUT2D eigenvalue weighted by Crippen LogP contribution is -2.36. The molecular weight excluding hydrogens is 287 g/mol. The summed E-state index contributed by atoms with van der Waals surface area (Å²) in [4.78, 5) is 18.3. The van der Waals surface area contributed by atoms with Crippen LogP contribution in [-0.4, -0.2) is 40.1 Å². The molecule has 1 aliphatic heterocycles. The van der Waals surface area contributed by atoms with Crippen LogP contribution in [0.5, 0.6) is 0 Å². The zero-order chi connectivity index (χ0) is 13.8. The number of aliphatic hydroxyl groups excluding tert-OH is 1. The molecule has 0 aliphatic carbocycles. The first-order valence-electron chi connectivity index (χ1n) is 6.37. The summed E-state index contributed by atoms with van der Waals surface area (Å²) in [7, 11) is 0. The van der Waals surface area contributed by atoms with Crippen LogP contribution in [0.4, 0.5) is 0 Å². The van der Waals surface area contributed by atoms with Gasteiger partial charge in [0.1, 0.15) is 10.8 Å². The highest BCUT2D eigenvalue weighted by molar-refractivity contribution is 6.34. The molecule has 19 heavy (non-hydrogen) atoms. The number of likely N-dealkylation sites (tertiary alicyclic amines) is 1. The van der Waals surface area contributed by atoms with Crippen molar-refractivity contribution in [3.63, 3.8) is 0 Å². The van der Waals surface area contributed by atoms with Crippen molar-refractivity contribution in [3.8, 4) is 0 Å². The van der Waals surface area contributed by atoms with E-state index in [4.69, 9.17) is 28.3 Å². The van der Waals surface area contributed by atoms with Gasteiger partial charge in [-0.3, -0.25) is 4.79 Å². The van der Waals surface area contributed by atoms with E-state index in [0.29, 0.717) is 18.0 Å². The van der Waals surface area contributed by atoms with Gasteiger partial charge >= 0.3 is 0 Å². The van der Waals surface area contributed by atoms with Gasteiger partial charge in [-0.1, -0.05) is 23.2 Å². The Balaban J connectivity index is 2.16. The third-order valence-corrected chi connectivity index (χ3v) is 3.86. The molecule has 1 N–H and O–H groups in total. The zero-order valence-corrected chi connectivity index (χ0v) is 12.0. The first-order valence-corrected chi connectivity index (χ1v) is 7.13. The summed E-state index contributed by atoms with van der Waals surface area (Å²) in [6.45, 7) is 0.855. The van der Waals surface area contributed by atoms with Crippen molar-refractivity contribution in [2.45, 2.75) is 31.7 Å². The van der Waals surface area contributed by atoms with Crippen molar-refractivity contribution in [2.24, 2.45) is 0 Å². The number of carbonyl (C=O) groups is 1.